The summed E-state index contributed by atoms with van der Waals surface area (Å²) < 4.78 is 43.1. The molecule has 0 unspecified atom stereocenters. The molecule has 0 fully saturated rings. The number of carbonyl (C=O) groups is 1. The summed E-state index contributed by atoms with van der Waals surface area (Å²) >= 11 is 1.33. The Morgan fingerprint density at radius 1 is 1.06 bits per heavy atom. The van der Waals surface area contributed by atoms with Gasteiger partial charge in [-0.05, 0) is 48.4 Å². The van der Waals surface area contributed by atoms with E-state index in [1.54, 1.807) is 24.6 Å². The van der Waals surface area contributed by atoms with E-state index < -0.39 is 9.84 Å². The van der Waals surface area contributed by atoms with Crippen LogP contribution in [0.5, 0.6) is 17.2 Å². The van der Waals surface area contributed by atoms with Crippen molar-refractivity contribution in [3.05, 3.63) is 58.3 Å². The highest BCUT2D eigenvalue weighted by Gasteiger charge is 2.34. The van der Waals surface area contributed by atoms with Crippen LogP contribution in [-0.2, 0) is 14.6 Å². The van der Waals surface area contributed by atoms with Gasteiger partial charge in [0.05, 0.1) is 31.4 Å². The third kappa shape index (κ3) is 4.43. The number of sulfone groups is 1. The predicted octanol–water partition coefficient (Wildman–Crippen LogP) is 4.86. The van der Waals surface area contributed by atoms with Gasteiger partial charge in [0.15, 0.2) is 11.5 Å². The number of rotatable bonds is 8. The molecule has 0 aliphatic carbocycles. The lowest BCUT2D eigenvalue weighted by Crippen LogP contribution is -2.23. The lowest BCUT2D eigenvalue weighted by molar-refractivity contribution is -0.116. The maximum absolute atomic E-state index is 13.4. The third-order valence-electron chi connectivity index (χ3n) is 5.47. The number of hydrogen-bond donors (Lipinski definition) is 1. The number of ether oxygens (including phenoxy) is 3. The molecule has 2 aromatic carbocycles. The molecule has 3 aromatic rings. The number of thiophene rings is 1. The lowest BCUT2D eigenvalue weighted by Gasteiger charge is -2.24. The van der Waals surface area contributed by atoms with Crippen molar-refractivity contribution in [1.82, 2.24) is 0 Å². The standard InChI is InChI=1S/C24H25NO6S2/c1-4-11-31-20-12-15(5-10-19(20)30-3)18-13-22(26)25-23-21(14-32-24(18)23)33(27,28)17-8-6-16(29-2)7-9-17/h5-10,12,14,18H,4,11,13H2,1-3H3,(H,25,26)/t18-/m1/s1. The van der Waals surface area contributed by atoms with Crippen LogP contribution in [0.25, 0.3) is 0 Å². The molecule has 1 aromatic heterocycles. The van der Waals surface area contributed by atoms with E-state index in [0.29, 0.717) is 29.5 Å². The topological polar surface area (TPSA) is 90.9 Å². The zero-order valence-electron chi connectivity index (χ0n) is 18.6. The Kier molecular flexibility index (Phi) is 6.62. The van der Waals surface area contributed by atoms with Crippen LogP contribution in [0.15, 0.2) is 57.6 Å². The summed E-state index contributed by atoms with van der Waals surface area (Å²) in [6, 6.07) is 11.8. The number of hydrogen-bond acceptors (Lipinski definition) is 7. The zero-order valence-corrected chi connectivity index (χ0v) is 20.2. The Bertz CT molecular complexity index is 1260. The monoisotopic (exact) mass is 487 g/mol. The number of nitrogens with one attached hydrogen (secondary N) is 1. The fourth-order valence-electron chi connectivity index (χ4n) is 3.79. The molecule has 1 amide bonds. The van der Waals surface area contributed by atoms with Gasteiger partial charge >= 0.3 is 0 Å². The molecule has 174 valence electrons. The number of amides is 1. The largest absolute Gasteiger partial charge is 0.497 e. The smallest absolute Gasteiger partial charge is 0.225 e. The average molecular weight is 488 g/mol. The van der Waals surface area contributed by atoms with Crippen molar-refractivity contribution < 1.29 is 27.4 Å². The molecule has 1 atom stereocenters. The van der Waals surface area contributed by atoms with Gasteiger partial charge in [-0.15, -0.1) is 11.3 Å². The van der Waals surface area contributed by atoms with Gasteiger partial charge in [-0.1, -0.05) is 13.0 Å². The van der Waals surface area contributed by atoms with E-state index in [1.165, 1.54) is 30.6 Å². The molecule has 9 heteroatoms. The molecule has 0 saturated heterocycles. The fourth-order valence-corrected chi connectivity index (χ4v) is 6.70. The first-order valence-electron chi connectivity index (χ1n) is 10.5. The van der Waals surface area contributed by atoms with E-state index in [9.17, 15) is 13.2 Å². The molecular formula is C24H25NO6S2. The van der Waals surface area contributed by atoms with Crippen LogP contribution >= 0.6 is 11.3 Å². The van der Waals surface area contributed by atoms with Crippen LogP contribution in [-0.4, -0.2) is 35.2 Å². The van der Waals surface area contributed by atoms with Crippen molar-refractivity contribution in [3.8, 4) is 17.2 Å². The van der Waals surface area contributed by atoms with Gasteiger partial charge in [0.1, 0.15) is 10.6 Å². The van der Waals surface area contributed by atoms with Crippen molar-refractivity contribution in [3.63, 3.8) is 0 Å². The fraction of sp³-hybridized carbons (Fsp3) is 0.292. The molecule has 1 N–H and O–H groups in total. The van der Waals surface area contributed by atoms with Crippen molar-refractivity contribution in [2.45, 2.75) is 35.5 Å². The summed E-state index contributed by atoms with van der Waals surface area (Å²) in [6.45, 7) is 2.56. The van der Waals surface area contributed by atoms with Gasteiger partial charge in [-0.2, -0.15) is 0 Å². The minimum absolute atomic E-state index is 0.0988. The predicted molar refractivity (Wildman–Crippen MR) is 127 cm³/mol. The molecule has 4 rings (SSSR count). The van der Waals surface area contributed by atoms with E-state index in [0.717, 1.165) is 16.9 Å². The summed E-state index contributed by atoms with van der Waals surface area (Å²) in [5.41, 5.74) is 1.22. The van der Waals surface area contributed by atoms with Gasteiger partial charge in [-0.3, -0.25) is 4.79 Å². The highest BCUT2D eigenvalue weighted by Crippen LogP contribution is 2.47. The second-order valence-electron chi connectivity index (χ2n) is 7.58. The molecule has 0 spiro atoms. The first-order valence-corrected chi connectivity index (χ1v) is 12.9. The molecule has 0 bridgehead atoms. The second-order valence-corrected chi connectivity index (χ2v) is 10.4. The molecule has 0 radical (unpaired) electrons. The van der Waals surface area contributed by atoms with E-state index in [2.05, 4.69) is 5.32 Å². The second kappa shape index (κ2) is 9.44. The van der Waals surface area contributed by atoms with Gasteiger partial charge in [0.2, 0.25) is 15.7 Å². The first kappa shape index (κ1) is 23.1. The summed E-state index contributed by atoms with van der Waals surface area (Å²) in [7, 11) is -0.727. The first-order chi connectivity index (χ1) is 15.9. The van der Waals surface area contributed by atoms with E-state index in [-0.39, 0.29) is 28.0 Å². The van der Waals surface area contributed by atoms with Crippen molar-refractivity contribution in [2.75, 3.05) is 26.1 Å². The highest BCUT2D eigenvalue weighted by atomic mass is 32.2. The molecule has 0 saturated carbocycles. The van der Waals surface area contributed by atoms with Crippen LogP contribution in [0, 0.1) is 0 Å². The van der Waals surface area contributed by atoms with Crippen LogP contribution in [0.4, 0.5) is 5.69 Å². The van der Waals surface area contributed by atoms with E-state index in [1.807, 2.05) is 25.1 Å². The van der Waals surface area contributed by atoms with Gasteiger partial charge < -0.3 is 19.5 Å². The molecule has 7 nitrogen and oxygen atoms in total. The minimum Gasteiger partial charge on any atom is -0.497 e. The number of benzene rings is 2. The molecule has 1 aliphatic rings. The maximum atomic E-state index is 13.4. The van der Waals surface area contributed by atoms with Crippen LogP contribution < -0.4 is 19.5 Å². The van der Waals surface area contributed by atoms with Gasteiger partial charge in [-0.25, -0.2) is 8.42 Å². The Labute approximate surface area is 197 Å². The maximum Gasteiger partial charge on any atom is 0.225 e. The van der Waals surface area contributed by atoms with Crippen molar-refractivity contribution in [2.24, 2.45) is 0 Å². The van der Waals surface area contributed by atoms with E-state index >= 15 is 0 Å². The summed E-state index contributed by atoms with van der Waals surface area (Å²) in [6.07, 6.45) is 1.07. The number of fused-ring (bicyclic) bond motifs is 1. The SMILES string of the molecule is CCCOc1cc([C@H]2CC(=O)Nc3c(S(=O)(=O)c4ccc(OC)cc4)csc32)ccc1OC. The normalized spacial score (nSPS) is 15.5. The number of carbonyl (C=O) groups excluding carboxylic acids is 1. The van der Waals surface area contributed by atoms with Crippen molar-refractivity contribution >= 4 is 32.8 Å². The van der Waals surface area contributed by atoms with Gasteiger partial charge in [0, 0.05) is 22.6 Å². The lowest BCUT2D eigenvalue weighted by atomic mass is 9.90. The number of anilines is 1. The molecular weight excluding hydrogens is 462 g/mol. The van der Waals surface area contributed by atoms with E-state index in [4.69, 9.17) is 14.2 Å². The molecule has 2 heterocycles. The summed E-state index contributed by atoms with van der Waals surface area (Å²) in [5.74, 6) is 1.27. The quantitative estimate of drug-likeness (QED) is 0.488. The Hall–Kier alpha value is -3.04. The van der Waals surface area contributed by atoms with Crippen LogP contribution in [0.1, 0.15) is 36.1 Å². The van der Waals surface area contributed by atoms with Crippen LogP contribution in [0.3, 0.4) is 0 Å². The Morgan fingerprint density at radius 3 is 2.48 bits per heavy atom. The molecule has 1 aliphatic heterocycles. The minimum atomic E-state index is -3.83. The Morgan fingerprint density at radius 2 is 1.82 bits per heavy atom. The number of methoxy groups -OCH3 is 2. The van der Waals surface area contributed by atoms with Gasteiger partial charge in [0.25, 0.3) is 0 Å². The van der Waals surface area contributed by atoms with Crippen molar-refractivity contribution in [1.29, 1.82) is 0 Å². The Balaban J connectivity index is 1.75. The average Bonchev–Trinajstić information content (AvgIpc) is 3.26. The summed E-state index contributed by atoms with van der Waals surface area (Å²) in [4.78, 5) is 13.6. The summed E-state index contributed by atoms with van der Waals surface area (Å²) in [5, 5.41) is 4.39. The molecule has 33 heavy (non-hydrogen) atoms. The third-order valence-corrected chi connectivity index (χ3v) is 8.51. The van der Waals surface area contributed by atoms with Crippen LogP contribution in [0.2, 0.25) is 0 Å². The highest BCUT2D eigenvalue weighted by molar-refractivity contribution is 7.91. The zero-order chi connectivity index (χ0) is 23.6.